The summed E-state index contributed by atoms with van der Waals surface area (Å²) in [5, 5.41) is 19.3. The molecule has 2 aromatic rings. The Kier molecular flexibility index (Phi) is 6.51. The van der Waals surface area contributed by atoms with Crippen molar-refractivity contribution in [3.05, 3.63) is 33.5 Å². The first-order valence-electron chi connectivity index (χ1n) is 9.87. The second-order valence-electron chi connectivity index (χ2n) is 6.99. The number of fused-ring (bicyclic) bond motifs is 1. The summed E-state index contributed by atoms with van der Waals surface area (Å²) in [5.74, 6) is 0.549. The molecule has 1 aliphatic rings. The number of hydrogen-bond donors (Lipinski definition) is 1. The van der Waals surface area contributed by atoms with E-state index in [1.54, 1.807) is 12.1 Å². The first-order chi connectivity index (χ1) is 13.6. The van der Waals surface area contributed by atoms with E-state index in [9.17, 15) is 10.1 Å². The number of ether oxygens (including phenoxy) is 2. The van der Waals surface area contributed by atoms with E-state index in [0.29, 0.717) is 17.9 Å². The van der Waals surface area contributed by atoms with Crippen LogP contribution in [0.25, 0.3) is 11.3 Å². The Bertz CT molecular complexity index is 834. The molecule has 1 N–H and O–H groups in total. The number of aromatic amines is 1. The number of unbranched alkanes of at least 4 members (excludes halogenated alkanes) is 2. The molecule has 1 aromatic carbocycles. The summed E-state index contributed by atoms with van der Waals surface area (Å²) in [6.45, 7) is 7.37. The highest BCUT2D eigenvalue weighted by Crippen LogP contribution is 2.42. The fourth-order valence-corrected chi connectivity index (χ4v) is 3.54. The van der Waals surface area contributed by atoms with Gasteiger partial charge in [-0.05, 0) is 19.0 Å². The van der Waals surface area contributed by atoms with Gasteiger partial charge in [0.25, 0.3) is 0 Å². The molecule has 28 heavy (non-hydrogen) atoms. The number of methoxy groups -OCH3 is 1. The van der Waals surface area contributed by atoms with Crippen LogP contribution >= 0.6 is 0 Å². The quantitative estimate of drug-likeness (QED) is 0.397. The summed E-state index contributed by atoms with van der Waals surface area (Å²) in [7, 11) is 1.50. The maximum absolute atomic E-state index is 11.7. The molecule has 0 fully saturated rings. The van der Waals surface area contributed by atoms with Crippen molar-refractivity contribution < 1.29 is 14.4 Å². The molecular formula is C20H28N4O4. The highest BCUT2D eigenvalue weighted by atomic mass is 16.6. The van der Waals surface area contributed by atoms with Gasteiger partial charge in [0, 0.05) is 42.4 Å². The summed E-state index contributed by atoms with van der Waals surface area (Å²) in [6.07, 6.45) is 3.81. The van der Waals surface area contributed by atoms with Crippen LogP contribution < -0.4 is 9.47 Å². The summed E-state index contributed by atoms with van der Waals surface area (Å²) in [6, 6.07) is 3.32. The predicted octanol–water partition coefficient (Wildman–Crippen LogP) is 3.94. The van der Waals surface area contributed by atoms with Gasteiger partial charge in [-0.1, -0.05) is 26.7 Å². The SMILES string of the molecule is CCCCCOc1c(OC)cc(-c2n[nH]c3c2CN(CC)CC3)cc1[N+](=O)[O-]. The molecule has 0 saturated heterocycles. The lowest BCUT2D eigenvalue weighted by atomic mass is 10.00. The van der Waals surface area contributed by atoms with E-state index < -0.39 is 4.92 Å². The zero-order valence-electron chi connectivity index (χ0n) is 16.8. The number of nitrogens with zero attached hydrogens (tertiary/aromatic N) is 3. The van der Waals surface area contributed by atoms with Crippen LogP contribution in [0.3, 0.4) is 0 Å². The summed E-state index contributed by atoms with van der Waals surface area (Å²) < 4.78 is 11.2. The van der Waals surface area contributed by atoms with E-state index in [0.717, 1.165) is 62.3 Å². The van der Waals surface area contributed by atoms with E-state index in [1.165, 1.54) is 7.11 Å². The summed E-state index contributed by atoms with van der Waals surface area (Å²) in [4.78, 5) is 13.6. The zero-order chi connectivity index (χ0) is 20.1. The van der Waals surface area contributed by atoms with Gasteiger partial charge in [-0.3, -0.25) is 20.1 Å². The van der Waals surface area contributed by atoms with E-state index in [4.69, 9.17) is 9.47 Å². The fourth-order valence-electron chi connectivity index (χ4n) is 3.54. The molecular weight excluding hydrogens is 360 g/mol. The lowest BCUT2D eigenvalue weighted by molar-refractivity contribution is -0.385. The smallest absolute Gasteiger partial charge is 0.315 e. The Hall–Kier alpha value is -2.61. The summed E-state index contributed by atoms with van der Waals surface area (Å²) in [5.41, 5.74) is 3.51. The topological polar surface area (TPSA) is 93.5 Å². The van der Waals surface area contributed by atoms with Crippen LogP contribution in [0.1, 0.15) is 44.4 Å². The van der Waals surface area contributed by atoms with E-state index in [-0.39, 0.29) is 11.4 Å². The van der Waals surface area contributed by atoms with Crippen molar-refractivity contribution >= 4 is 5.69 Å². The molecule has 3 rings (SSSR count). The second-order valence-corrected chi connectivity index (χ2v) is 6.99. The Balaban J connectivity index is 1.98. The van der Waals surface area contributed by atoms with Crippen molar-refractivity contribution in [3.8, 4) is 22.8 Å². The van der Waals surface area contributed by atoms with Crippen molar-refractivity contribution in [2.75, 3.05) is 26.8 Å². The van der Waals surface area contributed by atoms with Crippen molar-refractivity contribution in [2.45, 2.75) is 46.1 Å². The van der Waals surface area contributed by atoms with Gasteiger partial charge in [0.05, 0.1) is 24.3 Å². The van der Waals surface area contributed by atoms with Crippen LogP contribution in [0.5, 0.6) is 11.5 Å². The van der Waals surface area contributed by atoms with E-state index >= 15 is 0 Å². The molecule has 1 aliphatic heterocycles. The number of aromatic nitrogens is 2. The van der Waals surface area contributed by atoms with Gasteiger partial charge in [0.2, 0.25) is 5.75 Å². The number of nitro benzene ring substituents is 1. The Morgan fingerprint density at radius 3 is 2.82 bits per heavy atom. The number of rotatable bonds is 9. The second kappa shape index (κ2) is 9.05. The molecule has 2 heterocycles. The number of likely N-dealkylation sites (N-methyl/N-ethyl adjacent to an activating group) is 1. The van der Waals surface area contributed by atoms with Crippen molar-refractivity contribution in [2.24, 2.45) is 0 Å². The Morgan fingerprint density at radius 2 is 2.14 bits per heavy atom. The largest absolute Gasteiger partial charge is 0.493 e. The standard InChI is InChI=1S/C20H28N4O4/c1-4-6-7-10-28-20-17(24(25)26)11-14(12-18(20)27-3)19-15-13-23(5-2)9-8-16(15)21-22-19/h11-12H,4-10,13H2,1-3H3,(H,21,22). The molecule has 8 nitrogen and oxygen atoms in total. The van der Waals surface area contributed by atoms with Gasteiger partial charge >= 0.3 is 5.69 Å². The number of nitrogens with one attached hydrogen (secondary N) is 1. The minimum Gasteiger partial charge on any atom is -0.493 e. The molecule has 0 aliphatic carbocycles. The van der Waals surface area contributed by atoms with Gasteiger partial charge in [0.1, 0.15) is 0 Å². The minimum atomic E-state index is -0.418. The monoisotopic (exact) mass is 388 g/mol. The molecule has 0 radical (unpaired) electrons. The third-order valence-corrected chi connectivity index (χ3v) is 5.18. The number of nitro groups is 1. The highest BCUT2D eigenvalue weighted by Gasteiger charge is 2.27. The fraction of sp³-hybridized carbons (Fsp3) is 0.550. The van der Waals surface area contributed by atoms with E-state index in [2.05, 4.69) is 28.9 Å². The van der Waals surface area contributed by atoms with Crippen LogP contribution in [-0.4, -0.2) is 46.8 Å². The van der Waals surface area contributed by atoms with Gasteiger partial charge < -0.3 is 9.47 Å². The molecule has 0 spiro atoms. The number of hydrogen-bond acceptors (Lipinski definition) is 6. The average molecular weight is 388 g/mol. The molecule has 0 atom stereocenters. The normalized spacial score (nSPS) is 14.0. The van der Waals surface area contributed by atoms with Gasteiger partial charge in [-0.25, -0.2) is 0 Å². The van der Waals surface area contributed by atoms with Gasteiger partial charge in [-0.15, -0.1) is 0 Å². The van der Waals surface area contributed by atoms with Crippen LogP contribution in [0.2, 0.25) is 0 Å². The molecule has 1 aromatic heterocycles. The van der Waals surface area contributed by atoms with Crippen LogP contribution in [0, 0.1) is 10.1 Å². The maximum atomic E-state index is 11.7. The van der Waals surface area contributed by atoms with Crippen LogP contribution in [0.15, 0.2) is 12.1 Å². The molecule has 0 amide bonds. The lowest BCUT2D eigenvalue weighted by Crippen LogP contribution is -2.30. The number of benzene rings is 1. The average Bonchev–Trinajstić information content (AvgIpc) is 3.13. The number of H-pyrrole nitrogens is 1. The van der Waals surface area contributed by atoms with Crippen molar-refractivity contribution in [3.63, 3.8) is 0 Å². The van der Waals surface area contributed by atoms with Crippen molar-refractivity contribution in [1.82, 2.24) is 15.1 Å². The Labute approximate surface area is 165 Å². The predicted molar refractivity (Wildman–Crippen MR) is 107 cm³/mol. The third kappa shape index (κ3) is 4.11. The maximum Gasteiger partial charge on any atom is 0.315 e. The highest BCUT2D eigenvalue weighted by molar-refractivity contribution is 5.73. The molecule has 0 unspecified atom stereocenters. The summed E-state index contributed by atoms with van der Waals surface area (Å²) >= 11 is 0. The zero-order valence-corrected chi connectivity index (χ0v) is 16.8. The van der Waals surface area contributed by atoms with Gasteiger partial charge in [0.15, 0.2) is 5.75 Å². The molecule has 8 heteroatoms. The molecule has 0 saturated carbocycles. The van der Waals surface area contributed by atoms with Crippen molar-refractivity contribution in [1.29, 1.82) is 0 Å². The third-order valence-electron chi connectivity index (χ3n) is 5.18. The lowest BCUT2D eigenvalue weighted by Gasteiger charge is -2.25. The minimum absolute atomic E-state index is 0.0919. The Morgan fingerprint density at radius 1 is 1.32 bits per heavy atom. The van der Waals surface area contributed by atoms with Crippen LogP contribution in [0.4, 0.5) is 5.69 Å². The first-order valence-corrected chi connectivity index (χ1v) is 9.87. The first kappa shape index (κ1) is 20.1. The molecule has 0 bridgehead atoms. The van der Waals surface area contributed by atoms with E-state index in [1.807, 2.05) is 0 Å². The van der Waals surface area contributed by atoms with Gasteiger partial charge in [-0.2, -0.15) is 5.10 Å². The molecule has 152 valence electrons. The van der Waals surface area contributed by atoms with Crippen LogP contribution in [-0.2, 0) is 13.0 Å².